The van der Waals surface area contributed by atoms with E-state index in [4.69, 9.17) is 0 Å². The van der Waals surface area contributed by atoms with Crippen molar-refractivity contribution in [1.29, 1.82) is 0 Å². The molecule has 0 aromatic heterocycles. The number of benzene rings is 1. The number of nitrogens with one attached hydrogen (secondary N) is 3. The lowest BCUT2D eigenvalue weighted by Crippen LogP contribution is -2.48. The minimum atomic E-state index is -3.61. The predicted octanol–water partition coefficient (Wildman–Crippen LogP) is 2.92. The number of anilines is 1. The molecule has 0 atom stereocenters. The van der Waals surface area contributed by atoms with Crippen LogP contribution in [0.15, 0.2) is 23.2 Å². The van der Waals surface area contributed by atoms with Crippen molar-refractivity contribution < 1.29 is 12.8 Å². The van der Waals surface area contributed by atoms with Crippen molar-refractivity contribution in [1.82, 2.24) is 15.5 Å². The molecule has 2 rings (SSSR count). The number of rotatable bonds is 9. The summed E-state index contributed by atoms with van der Waals surface area (Å²) in [5.74, 6) is 0.0263. The molecule has 0 unspecified atom stereocenters. The maximum Gasteiger partial charge on any atom is 0.234 e. The number of aryl methyl sites for hydroxylation is 1. The van der Waals surface area contributed by atoms with Gasteiger partial charge in [0.15, 0.2) is 5.96 Å². The molecule has 0 aliphatic carbocycles. The molecule has 1 aliphatic rings. The molecule has 30 heavy (non-hydrogen) atoms. The Balaban J connectivity index is 0.00000450. The van der Waals surface area contributed by atoms with Gasteiger partial charge in [0.05, 0.1) is 18.0 Å². The van der Waals surface area contributed by atoms with Crippen molar-refractivity contribution in [3.05, 3.63) is 29.6 Å². The monoisotopic (exact) mass is 555 g/mol. The summed E-state index contributed by atoms with van der Waals surface area (Å²) < 4.78 is 40.6. The Morgan fingerprint density at radius 2 is 1.97 bits per heavy atom. The Morgan fingerprint density at radius 1 is 1.27 bits per heavy atom. The molecular weight excluding hydrogens is 520 g/mol. The molecule has 172 valence electrons. The smallest absolute Gasteiger partial charge is 0.234 e. The SMILES string of the molecule is CCCN1CCC(NC(=NCCS(=O)(=O)Nc2ccc(C)c(F)c2)NCC)CC1.I. The molecule has 1 heterocycles. The molecule has 0 spiro atoms. The Morgan fingerprint density at radius 3 is 2.57 bits per heavy atom. The van der Waals surface area contributed by atoms with Crippen molar-refractivity contribution in [2.75, 3.05) is 43.2 Å². The Hall–Kier alpha value is -1.14. The van der Waals surface area contributed by atoms with Crippen LogP contribution in [0.5, 0.6) is 0 Å². The van der Waals surface area contributed by atoms with E-state index in [-0.39, 0.29) is 42.0 Å². The first-order chi connectivity index (χ1) is 13.8. The van der Waals surface area contributed by atoms with E-state index in [0.29, 0.717) is 24.1 Å². The van der Waals surface area contributed by atoms with Gasteiger partial charge in [0.25, 0.3) is 0 Å². The number of likely N-dealkylation sites (tertiary alicyclic amines) is 1. The molecule has 1 fully saturated rings. The highest BCUT2D eigenvalue weighted by Crippen LogP contribution is 2.15. The topological polar surface area (TPSA) is 85.8 Å². The molecule has 3 N–H and O–H groups in total. The van der Waals surface area contributed by atoms with Crippen LogP contribution >= 0.6 is 24.0 Å². The normalized spacial score (nSPS) is 16.1. The second-order valence-electron chi connectivity index (χ2n) is 7.41. The molecule has 0 saturated carbocycles. The van der Waals surface area contributed by atoms with E-state index in [1.807, 2.05) is 6.92 Å². The molecule has 1 aromatic carbocycles. The molecule has 1 aromatic rings. The summed E-state index contributed by atoms with van der Waals surface area (Å²) in [5.41, 5.74) is 0.695. The number of piperidine rings is 1. The number of halogens is 2. The summed E-state index contributed by atoms with van der Waals surface area (Å²) in [4.78, 5) is 6.88. The fourth-order valence-corrected chi connectivity index (χ4v) is 4.21. The van der Waals surface area contributed by atoms with Crippen molar-refractivity contribution in [3.63, 3.8) is 0 Å². The lowest BCUT2D eigenvalue weighted by molar-refractivity contribution is 0.206. The third-order valence-corrected chi connectivity index (χ3v) is 6.15. The van der Waals surface area contributed by atoms with Crippen molar-refractivity contribution in [3.8, 4) is 0 Å². The van der Waals surface area contributed by atoms with Gasteiger partial charge >= 0.3 is 0 Å². The molecule has 0 radical (unpaired) electrons. The number of hydrogen-bond acceptors (Lipinski definition) is 4. The Labute approximate surface area is 197 Å². The minimum Gasteiger partial charge on any atom is -0.357 e. The lowest BCUT2D eigenvalue weighted by Gasteiger charge is -2.32. The predicted molar refractivity (Wildman–Crippen MR) is 133 cm³/mol. The first kappa shape index (κ1) is 26.9. The summed E-state index contributed by atoms with van der Waals surface area (Å²) in [5, 5.41) is 6.59. The summed E-state index contributed by atoms with van der Waals surface area (Å²) in [6.45, 7) is 9.89. The quantitative estimate of drug-likeness (QED) is 0.248. The van der Waals surface area contributed by atoms with Gasteiger partial charge in [-0.1, -0.05) is 13.0 Å². The van der Waals surface area contributed by atoms with Gasteiger partial charge in [-0.15, -0.1) is 24.0 Å². The zero-order valence-electron chi connectivity index (χ0n) is 18.1. The number of sulfonamides is 1. The van der Waals surface area contributed by atoms with Gasteiger partial charge in [-0.25, -0.2) is 12.8 Å². The fraction of sp³-hybridized carbons (Fsp3) is 0.650. The van der Waals surface area contributed by atoms with Gasteiger partial charge in [-0.05, 0) is 57.4 Å². The van der Waals surface area contributed by atoms with Gasteiger partial charge in [-0.3, -0.25) is 9.71 Å². The highest BCUT2D eigenvalue weighted by Gasteiger charge is 2.19. The van der Waals surface area contributed by atoms with E-state index in [0.717, 1.165) is 32.5 Å². The van der Waals surface area contributed by atoms with Crippen LogP contribution in [0.25, 0.3) is 0 Å². The molecule has 0 amide bonds. The van der Waals surface area contributed by atoms with E-state index >= 15 is 0 Å². The van der Waals surface area contributed by atoms with E-state index in [9.17, 15) is 12.8 Å². The van der Waals surface area contributed by atoms with Gasteiger partial charge in [-0.2, -0.15) is 0 Å². The third kappa shape index (κ3) is 9.34. The van der Waals surface area contributed by atoms with Gasteiger partial charge in [0, 0.05) is 25.7 Å². The van der Waals surface area contributed by atoms with Crippen LogP contribution in [0.3, 0.4) is 0 Å². The fourth-order valence-electron chi connectivity index (χ4n) is 3.30. The second-order valence-corrected chi connectivity index (χ2v) is 9.25. The first-order valence-electron chi connectivity index (χ1n) is 10.4. The zero-order chi connectivity index (χ0) is 21.3. The van der Waals surface area contributed by atoms with Crippen molar-refractivity contribution in [2.24, 2.45) is 4.99 Å². The van der Waals surface area contributed by atoms with Crippen molar-refractivity contribution >= 4 is 45.6 Å². The van der Waals surface area contributed by atoms with Crippen LogP contribution in [-0.4, -0.2) is 63.8 Å². The van der Waals surface area contributed by atoms with Crippen molar-refractivity contribution in [2.45, 2.75) is 46.1 Å². The average molecular weight is 556 g/mol. The van der Waals surface area contributed by atoms with Gasteiger partial charge in [0.1, 0.15) is 5.82 Å². The van der Waals surface area contributed by atoms with Crippen LogP contribution in [-0.2, 0) is 10.0 Å². The molecule has 0 bridgehead atoms. The summed E-state index contributed by atoms with van der Waals surface area (Å²) in [6.07, 6.45) is 3.26. The standard InChI is InChI=1S/C20H34FN5O2S.HI/c1-4-11-26-12-8-17(9-13-26)24-20(22-5-2)23-10-14-29(27,28)25-18-7-6-16(3)19(21)15-18;/h6-7,15,17,25H,4-5,8-14H2,1-3H3,(H2,22,23,24);1H. The molecular formula is C20H35FIN5O2S. The van der Waals surface area contributed by atoms with Crippen LogP contribution in [0.1, 0.15) is 38.7 Å². The maximum absolute atomic E-state index is 13.6. The summed E-state index contributed by atoms with van der Waals surface area (Å²) in [7, 11) is -3.61. The van der Waals surface area contributed by atoms with Crippen LogP contribution < -0.4 is 15.4 Å². The van der Waals surface area contributed by atoms with E-state index < -0.39 is 15.8 Å². The summed E-state index contributed by atoms with van der Waals surface area (Å²) >= 11 is 0. The van der Waals surface area contributed by atoms with E-state index in [1.54, 1.807) is 19.1 Å². The van der Waals surface area contributed by atoms with Gasteiger partial charge < -0.3 is 15.5 Å². The minimum absolute atomic E-state index is 0. The van der Waals surface area contributed by atoms with E-state index in [1.165, 1.54) is 12.5 Å². The Bertz CT molecular complexity index is 783. The van der Waals surface area contributed by atoms with Crippen LogP contribution in [0.4, 0.5) is 10.1 Å². The highest BCUT2D eigenvalue weighted by molar-refractivity contribution is 14.0. The molecule has 1 aliphatic heterocycles. The molecule has 7 nitrogen and oxygen atoms in total. The number of guanidine groups is 1. The van der Waals surface area contributed by atoms with Crippen LogP contribution in [0, 0.1) is 12.7 Å². The largest absolute Gasteiger partial charge is 0.357 e. The second kappa shape index (κ2) is 13.3. The molecule has 10 heteroatoms. The Kier molecular flexibility index (Phi) is 11.9. The third-order valence-electron chi connectivity index (χ3n) is 4.89. The average Bonchev–Trinajstić information content (AvgIpc) is 2.66. The first-order valence-corrected chi connectivity index (χ1v) is 12.0. The van der Waals surface area contributed by atoms with Crippen LogP contribution in [0.2, 0.25) is 0 Å². The molecule has 1 saturated heterocycles. The number of hydrogen-bond donors (Lipinski definition) is 3. The summed E-state index contributed by atoms with van der Waals surface area (Å²) in [6, 6.07) is 4.62. The zero-order valence-corrected chi connectivity index (χ0v) is 21.2. The number of nitrogens with zero attached hydrogens (tertiary/aromatic N) is 2. The number of aliphatic imine (C=N–C) groups is 1. The highest BCUT2D eigenvalue weighted by atomic mass is 127. The van der Waals surface area contributed by atoms with E-state index in [2.05, 4.69) is 32.2 Å². The van der Waals surface area contributed by atoms with Gasteiger partial charge in [0.2, 0.25) is 10.0 Å². The maximum atomic E-state index is 13.6. The lowest BCUT2D eigenvalue weighted by atomic mass is 10.1.